The first-order valence-corrected chi connectivity index (χ1v) is 6.81. The maximum atomic E-state index is 13.1. The number of nitrogens with two attached hydrogens (primary N) is 1. The molecular formula is C16H17ClFNO. The highest BCUT2D eigenvalue weighted by Gasteiger charge is 2.10. The van der Waals surface area contributed by atoms with E-state index in [1.807, 2.05) is 19.1 Å². The predicted molar refractivity (Wildman–Crippen MR) is 80.0 cm³/mol. The van der Waals surface area contributed by atoms with Gasteiger partial charge in [-0.3, -0.25) is 0 Å². The standard InChI is InChI=1S/C16H17ClFNO/c1-10-7-14(18)4-6-15(10)20-16-5-3-13(17)9-12(16)8-11(2)19/h3-7,9,11H,8,19H2,1-2H3. The lowest BCUT2D eigenvalue weighted by atomic mass is 10.1. The molecule has 20 heavy (non-hydrogen) atoms. The minimum atomic E-state index is -0.276. The molecule has 0 saturated heterocycles. The van der Waals surface area contributed by atoms with Gasteiger partial charge in [0.1, 0.15) is 17.3 Å². The molecule has 0 saturated carbocycles. The summed E-state index contributed by atoms with van der Waals surface area (Å²) in [5.74, 6) is 1.04. The van der Waals surface area contributed by atoms with Gasteiger partial charge in [-0.25, -0.2) is 4.39 Å². The van der Waals surface area contributed by atoms with Gasteiger partial charge in [0, 0.05) is 11.1 Å². The third-order valence-electron chi connectivity index (χ3n) is 2.92. The zero-order valence-electron chi connectivity index (χ0n) is 11.5. The Morgan fingerprint density at radius 2 is 1.90 bits per heavy atom. The molecule has 1 unspecified atom stereocenters. The normalized spacial score (nSPS) is 12.2. The van der Waals surface area contributed by atoms with E-state index in [1.54, 1.807) is 19.1 Å². The van der Waals surface area contributed by atoms with E-state index >= 15 is 0 Å². The number of rotatable bonds is 4. The van der Waals surface area contributed by atoms with E-state index in [9.17, 15) is 4.39 Å². The number of hydrogen-bond acceptors (Lipinski definition) is 2. The lowest BCUT2D eigenvalue weighted by Crippen LogP contribution is -2.18. The van der Waals surface area contributed by atoms with Crippen molar-refractivity contribution in [1.82, 2.24) is 0 Å². The molecule has 2 rings (SSSR count). The van der Waals surface area contributed by atoms with Gasteiger partial charge >= 0.3 is 0 Å². The van der Waals surface area contributed by atoms with Crippen LogP contribution in [0.15, 0.2) is 36.4 Å². The maximum Gasteiger partial charge on any atom is 0.130 e. The highest BCUT2D eigenvalue weighted by atomic mass is 35.5. The monoisotopic (exact) mass is 293 g/mol. The van der Waals surface area contributed by atoms with Crippen LogP contribution in [-0.2, 0) is 6.42 Å². The minimum absolute atomic E-state index is 0.00475. The largest absolute Gasteiger partial charge is 0.457 e. The summed E-state index contributed by atoms with van der Waals surface area (Å²) in [4.78, 5) is 0. The molecule has 0 heterocycles. The summed E-state index contributed by atoms with van der Waals surface area (Å²) in [7, 11) is 0. The number of hydrogen-bond donors (Lipinski definition) is 1. The summed E-state index contributed by atoms with van der Waals surface area (Å²) in [6, 6.07) is 9.86. The molecule has 0 aliphatic rings. The molecule has 0 radical (unpaired) electrons. The van der Waals surface area contributed by atoms with Gasteiger partial charge in [0.15, 0.2) is 0 Å². The lowest BCUT2D eigenvalue weighted by molar-refractivity contribution is 0.468. The maximum absolute atomic E-state index is 13.1. The zero-order valence-corrected chi connectivity index (χ0v) is 12.2. The molecular weight excluding hydrogens is 277 g/mol. The van der Waals surface area contributed by atoms with Crippen LogP contribution in [0.4, 0.5) is 4.39 Å². The molecule has 2 N–H and O–H groups in total. The van der Waals surface area contributed by atoms with Crippen LogP contribution in [0, 0.1) is 12.7 Å². The molecule has 106 valence electrons. The SMILES string of the molecule is Cc1cc(F)ccc1Oc1ccc(Cl)cc1CC(C)N. The van der Waals surface area contributed by atoms with Crippen LogP contribution in [0.5, 0.6) is 11.5 Å². The van der Waals surface area contributed by atoms with E-state index in [2.05, 4.69) is 0 Å². The van der Waals surface area contributed by atoms with Gasteiger partial charge in [-0.15, -0.1) is 0 Å². The van der Waals surface area contributed by atoms with Crippen LogP contribution >= 0.6 is 11.6 Å². The fraction of sp³-hybridized carbons (Fsp3) is 0.250. The first kappa shape index (κ1) is 14.8. The summed E-state index contributed by atoms with van der Waals surface area (Å²) in [5.41, 5.74) is 7.52. The molecule has 4 heteroatoms. The molecule has 1 atom stereocenters. The Hall–Kier alpha value is -1.58. The lowest BCUT2D eigenvalue weighted by Gasteiger charge is -2.14. The number of ether oxygens (including phenoxy) is 1. The molecule has 2 nitrogen and oxygen atoms in total. The summed E-state index contributed by atoms with van der Waals surface area (Å²) in [5, 5.41) is 0.642. The fourth-order valence-electron chi connectivity index (χ4n) is 2.00. The van der Waals surface area contributed by atoms with Crippen LogP contribution in [-0.4, -0.2) is 6.04 Å². The summed E-state index contributed by atoms with van der Waals surface area (Å²) >= 11 is 6.01. The van der Waals surface area contributed by atoms with Crippen LogP contribution in [0.25, 0.3) is 0 Å². The third-order valence-corrected chi connectivity index (χ3v) is 3.16. The Labute approximate surface area is 123 Å². The quantitative estimate of drug-likeness (QED) is 0.902. The molecule has 0 aliphatic heterocycles. The van der Waals surface area contributed by atoms with E-state index in [0.29, 0.717) is 22.9 Å². The average molecular weight is 294 g/mol. The van der Waals surface area contributed by atoms with Gasteiger partial charge in [0.2, 0.25) is 0 Å². The first-order valence-electron chi connectivity index (χ1n) is 6.43. The summed E-state index contributed by atoms with van der Waals surface area (Å²) in [6.45, 7) is 3.73. The van der Waals surface area contributed by atoms with Crippen molar-refractivity contribution in [2.24, 2.45) is 5.73 Å². The highest BCUT2D eigenvalue weighted by Crippen LogP contribution is 2.30. The van der Waals surface area contributed by atoms with Crippen molar-refractivity contribution in [3.63, 3.8) is 0 Å². The second kappa shape index (κ2) is 6.25. The molecule has 0 bridgehead atoms. The Balaban J connectivity index is 2.32. The highest BCUT2D eigenvalue weighted by molar-refractivity contribution is 6.30. The van der Waals surface area contributed by atoms with Crippen LogP contribution in [0.1, 0.15) is 18.1 Å². The van der Waals surface area contributed by atoms with Gasteiger partial charge in [0.05, 0.1) is 0 Å². The second-order valence-electron chi connectivity index (χ2n) is 4.95. The Morgan fingerprint density at radius 1 is 1.20 bits per heavy atom. The molecule has 2 aromatic carbocycles. The van der Waals surface area contributed by atoms with E-state index < -0.39 is 0 Å². The smallest absolute Gasteiger partial charge is 0.130 e. The average Bonchev–Trinajstić information content (AvgIpc) is 2.34. The Kier molecular flexibility index (Phi) is 4.63. The van der Waals surface area contributed by atoms with Gasteiger partial charge in [-0.05, 0) is 67.8 Å². The third kappa shape index (κ3) is 3.71. The van der Waals surface area contributed by atoms with Crippen LogP contribution in [0.2, 0.25) is 5.02 Å². The molecule has 0 spiro atoms. The van der Waals surface area contributed by atoms with Crippen molar-refractivity contribution in [2.45, 2.75) is 26.3 Å². The van der Waals surface area contributed by atoms with E-state index in [-0.39, 0.29) is 11.9 Å². The molecule has 2 aromatic rings. The minimum Gasteiger partial charge on any atom is -0.457 e. The summed E-state index contributed by atoms with van der Waals surface area (Å²) in [6.07, 6.45) is 0.663. The Morgan fingerprint density at radius 3 is 2.55 bits per heavy atom. The number of benzene rings is 2. The van der Waals surface area contributed by atoms with Crippen molar-refractivity contribution in [3.8, 4) is 11.5 Å². The predicted octanol–water partition coefficient (Wildman–Crippen LogP) is 4.47. The van der Waals surface area contributed by atoms with Gasteiger partial charge in [-0.2, -0.15) is 0 Å². The zero-order chi connectivity index (χ0) is 14.7. The van der Waals surface area contributed by atoms with Gasteiger partial charge in [-0.1, -0.05) is 11.6 Å². The second-order valence-corrected chi connectivity index (χ2v) is 5.38. The number of halogens is 2. The van der Waals surface area contributed by atoms with Crippen LogP contribution in [0.3, 0.4) is 0 Å². The molecule has 0 amide bonds. The van der Waals surface area contributed by atoms with Crippen molar-refractivity contribution in [2.75, 3.05) is 0 Å². The van der Waals surface area contributed by atoms with Gasteiger partial charge < -0.3 is 10.5 Å². The van der Waals surface area contributed by atoms with Crippen molar-refractivity contribution in [3.05, 3.63) is 58.4 Å². The van der Waals surface area contributed by atoms with E-state index in [4.69, 9.17) is 22.1 Å². The topological polar surface area (TPSA) is 35.2 Å². The molecule has 0 aliphatic carbocycles. The van der Waals surface area contributed by atoms with E-state index in [1.165, 1.54) is 12.1 Å². The first-order chi connectivity index (χ1) is 9.45. The van der Waals surface area contributed by atoms with E-state index in [0.717, 1.165) is 11.1 Å². The molecule has 0 fully saturated rings. The molecule has 0 aromatic heterocycles. The Bertz CT molecular complexity index is 613. The van der Waals surface area contributed by atoms with Crippen LogP contribution < -0.4 is 10.5 Å². The van der Waals surface area contributed by atoms with Crippen molar-refractivity contribution < 1.29 is 9.13 Å². The summed E-state index contributed by atoms with van der Waals surface area (Å²) < 4.78 is 19.0. The van der Waals surface area contributed by atoms with Gasteiger partial charge in [0.25, 0.3) is 0 Å². The number of aryl methyl sites for hydroxylation is 1. The van der Waals surface area contributed by atoms with Crippen molar-refractivity contribution in [1.29, 1.82) is 0 Å². The fourth-order valence-corrected chi connectivity index (χ4v) is 2.19. The van der Waals surface area contributed by atoms with Crippen molar-refractivity contribution >= 4 is 11.6 Å².